The van der Waals surface area contributed by atoms with Gasteiger partial charge in [0.1, 0.15) is 11.6 Å². The second-order valence-corrected chi connectivity index (χ2v) is 5.19. The number of halogens is 3. The SMILES string of the molecule is OC(c1cc(F)c(Br)cc1F)C1CCCNC1. The summed E-state index contributed by atoms with van der Waals surface area (Å²) in [6.07, 6.45) is 0.818. The first-order valence-electron chi connectivity index (χ1n) is 5.63. The first kappa shape index (κ1) is 12.9. The third-order valence-electron chi connectivity index (χ3n) is 3.14. The van der Waals surface area contributed by atoms with Gasteiger partial charge in [-0.25, -0.2) is 8.78 Å². The van der Waals surface area contributed by atoms with Gasteiger partial charge in [-0.2, -0.15) is 0 Å². The summed E-state index contributed by atoms with van der Waals surface area (Å²) in [7, 11) is 0. The summed E-state index contributed by atoms with van der Waals surface area (Å²) < 4.78 is 27.1. The molecule has 0 aromatic heterocycles. The Balaban J connectivity index is 2.23. The molecule has 2 nitrogen and oxygen atoms in total. The Morgan fingerprint density at radius 3 is 2.76 bits per heavy atom. The number of aliphatic hydroxyl groups is 1. The Morgan fingerprint density at radius 2 is 2.12 bits per heavy atom. The lowest BCUT2D eigenvalue weighted by atomic mass is 9.89. The van der Waals surface area contributed by atoms with E-state index < -0.39 is 17.7 Å². The third-order valence-corrected chi connectivity index (χ3v) is 3.75. The number of hydrogen-bond donors (Lipinski definition) is 2. The van der Waals surface area contributed by atoms with Crippen molar-refractivity contribution in [3.8, 4) is 0 Å². The molecule has 1 aliphatic heterocycles. The molecule has 1 aromatic rings. The molecular formula is C12H14BrF2NO. The smallest absolute Gasteiger partial charge is 0.137 e. The molecule has 1 aliphatic rings. The van der Waals surface area contributed by atoms with Gasteiger partial charge in [0, 0.05) is 18.0 Å². The van der Waals surface area contributed by atoms with E-state index in [1.807, 2.05) is 0 Å². The van der Waals surface area contributed by atoms with Crippen molar-refractivity contribution in [2.75, 3.05) is 13.1 Å². The number of hydrogen-bond acceptors (Lipinski definition) is 2. The van der Waals surface area contributed by atoms with E-state index in [0.29, 0.717) is 6.54 Å². The molecule has 0 radical (unpaired) electrons. The van der Waals surface area contributed by atoms with E-state index in [1.54, 1.807) is 0 Å². The van der Waals surface area contributed by atoms with Crippen LogP contribution in [0.15, 0.2) is 16.6 Å². The second kappa shape index (κ2) is 5.42. The van der Waals surface area contributed by atoms with Gasteiger partial charge in [-0.15, -0.1) is 0 Å². The lowest BCUT2D eigenvalue weighted by molar-refractivity contribution is 0.0885. The van der Waals surface area contributed by atoms with Crippen molar-refractivity contribution < 1.29 is 13.9 Å². The molecule has 0 bridgehead atoms. The van der Waals surface area contributed by atoms with Crippen LogP contribution in [-0.2, 0) is 0 Å². The minimum Gasteiger partial charge on any atom is -0.388 e. The molecule has 0 aliphatic carbocycles. The number of piperidine rings is 1. The molecule has 1 aromatic carbocycles. The normalized spacial score (nSPS) is 22.5. The Kier molecular flexibility index (Phi) is 4.12. The maximum atomic E-state index is 13.7. The van der Waals surface area contributed by atoms with Gasteiger partial charge >= 0.3 is 0 Å². The number of benzene rings is 1. The van der Waals surface area contributed by atoms with Crippen LogP contribution < -0.4 is 5.32 Å². The van der Waals surface area contributed by atoms with Crippen molar-refractivity contribution in [1.29, 1.82) is 0 Å². The molecule has 0 amide bonds. The number of nitrogens with one attached hydrogen (secondary N) is 1. The standard InChI is InChI=1S/C12H14BrF2NO/c13-9-5-10(14)8(4-11(9)15)12(17)7-2-1-3-16-6-7/h4-5,7,12,16-17H,1-3,6H2. The van der Waals surface area contributed by atoms with Crippen molar-refractivity contribution in [2.45, 2.75) is 18.9 Å². The van der Waals surface area contributed by atoms with Crippen molar-refractivity contribution in [3.05, 3.63) is 33.8 Å². The van der Waals surface area contributed by atoms with Crippen LogP contribution in [0.4, 0.5) is 8.78 Å². The van der Waals surface area contributed by atoms with Crippen molar-refractivity contribution >= 4 is 15.9 Å². The zero-order chi connectivity index (χ0) is 12.4. The molecule has 2 N–H and O–H groups in total. The van der Waals surface area contributed by atoms with E-state index >= 15 is 0 Å². The maximum Gasteiger partial charge on any atom is 0.137 e. The molecule has 1 saturated heterocycles. The Bertz CT molecular complexity index is 408. The molecule has 5 heteroatoms. The van der Waals surface area contributed by atoms with Crippen molar-refractivity contribution in [2.24, 2.45) is 5.92 Å². The molecule has 2 unspecified atom stereocenters. The first-order chi connectivity index (χ1) is 8.09. The molecule has 2 atom stereocenters. The number of rotatable bonds is 2. The van der Waals surface area contributed by atoms with Crippen LogP contribution in [-0.4, -0.2) is 18.2 Å². The average molecular weight is 306 g/mol. The van der Waals surface area contributed by atoms with Crippen molar-refractivity contribution in [1.82, 2.24) is 5.32 Å². The zero-order valence-corrected chi connectivity index (χ0v) is 10.8. The van der Waals surface area contributed by atoms with E-state index in [2.05, 4.69) is 21.2 Å². The van der Waals surface area contributed by atoms with E-state index in [4.69, 9.17) is 0 Å². The first-order valence-corrected chi connectivity index (χ1v) is 6.42. The number of aliphatic hydroxyl groups excluding tert-OH is 1. The largest absolute Gasteiger partial charge is 0.388 e. The summed E-state index contributed by atoms with van der Waals surface area (Å²) in [5, 5.41) is 13.2. The fourth-order valence-corrected chi connectivity index (χ4v) is 2.48. The predicted octanol–water partition coefficient (Wildman–Crippen LogP) is 2.76. The van der Waals surface area contributed by atoms with Crippen LogP contribution in [0.25, 0.3) is 0 Å². The van der Waals surface area contributed by atoms with Gasteiger partial charge in [0.25, 0.3) is 0 Å². The summed E-state index contributed by atoms with van der Waals surface area (Å²) in [6, 6.07) is 2.13. The van der Waals surface area contributed by atoms with Crippen LogP contribution in [0.2, 0.25) is 0 Å². The second-order valence-electron chi connectivity index (χ2n) is 4.34. The van der Waals surface area contributed by atoms with Gasteiger partial charge in [0.2, 0.25) is 0 Å². The Hall–Kier alpha value is -0.520. The molecule has 1 heterocycles. The Labute approximate surface area is 107 Å². The quantitative estimate of drug-likeness (QED) is 0.824. The summed E-state index contributed by atoms with van der Waals surface area (Å²) in [5.41, 5.74) is 0.0411. The topological polar surface area (TPSA) is 32.3 Å². The summed E-state index contributed by atoms with van der Waals surface area (Å²) in [5.74, 6) is -1.18. The molecule has 94 valence electrons. The van der Waals surface area contributed by atoms with E-state index in [-0.39, 0.29) is 16.0 Å². The van der Waals surface area contributed by atoms with Crippen LogP contribution in [0.3, 0.4) is 0 Å². The monoisotopic (exact) mass is 305 g/mol. The van der Waals surface area contributed by atoms with Crippen LogP contribution in [0.1, 0.15) is 24.5 Å². The van der Waals surface area contributed by atoms with Crippen LogP contribution in [0, 0.1) is 17.6 Å². The zero-order valence-electron chi connectivity index (χ0n) is 9.22. The van der Waals surface area contributed by atoms with Crippen molar-refractivity contribution in [3.63, 3.8) is 0 Å². The fourth-order valence-electron chi connectivity index (χ4n) is 2.17. The van der Waals surface area contributed by atoms with Gasteiger partial charge in [0.05, 0.1) is 10.6 Å². The lowest BCUT2D eigenvalue weighted by Gasteiger charge is -2.27. The predicted molar refractivity (Wildman–Crippen MR) is 64.6 cm³/mol. The minimum atomic E-state index is -0.953. The highest BCUT2D eigenvalue weighted by Gasteiger charge is 2.26. The van der Waals surface area contributed by atoms with Gasteiger partial charge in [-0.3, -0.25) is 0 Å². The van der Waals surface area contributed by atoms with Gasteiger partial charge in [0.15, 0.2) is 0 Å². The summed E-state index contributed by atoms with van der Waals surface area (Å²) >= 11 is 2.92. The van der Waals surface area contributed by atoms with E-state index in [9.17, 15) is 13.9 Å². The summed E-state index contributed by atoms with van der Waals surface area (Å²) in [4.78, 5) is 0. The molecule has 2 rings (SSSR count). The maximum absolute atomic E-state index is 13.7. The van der Waals surface area contributed by atoms with E-state index in [0.717, 1.165) is 31.5 Å². The van der Waals surface area contributed by atoms with E-state index in [1.165, 1.54) is 0 Å². The molecular weight excluding hydrogens is 292 g/mol. The minimum absolute atomic E-state index is 0.0411. The van der Waals surface area contributed by atoms with Crippen LogP contribution in [0.5, 0.6) is 0 Å². The highest BCUT2D eigenvalue weighted by molar-refractivity contribution is 9.10. The average Bonchev–Trinajstić information content (AvgIpc) is 2.34. The van der Waals surface area contributed by atoms with Gasteiger partial charge in [-0.1, -0.05) is 0 Å². The summed E-state index contributed by atoms with van der Waals surface area (Å²) in [6.45, 7) is 1.55. The Morgan fingerprint density at radius 1 is 1.35 bits per heavy atom. The highest BCUT2D eigenvalue weighted by atomic mass is 79.9. The van der Waals surface area contributed by atoms with Crippen LogP contribution >= 0.6 is 15.9 Å². The fraction of sp³-hybridized carbons (Fsp3) is 0.500. The molecule has 17 heavy (non-hydrogen) atoms. The third kappa shape index (κ3) is 2.84. The van der Waals surface area contributed by atoms with Gasteiger partial charge in [-0.05, 0) is 47.4 Å². The molecule has 0 spiro atoms. The lowest BCUT2D eigenvalue weighted by Crippen LogP contribution is -2.33. The van der Waals surface area contributed by atoms with Gasteiger partial charge < -0.3 is 10.4 Å². The molecule has 0 saturated carbocycles. The highest BCUT2D eigenvalue weighted by Crippen LogP contribution is 2.31. The molecule has 1 fully saturated rings.